The van der Waals surface area contributed by atoms with Crippen LogP contribution in [0.5, 0.6) is 0 Å². The highest BCUT2D eigenvalue weighted by Gasteiger charge is 2.20. The lowest BCUT2D eigenvalue weighted by Crippen LogP contribution is -2.50. The summed E-state index contributed by atoms with van der Waals surface area (Å²) in [7, 11) is 0. The first-order chi connectivity index (χ1) is 12.2. The van der Waals surface area contributed by atoms with Crippen LogP contribution in [-0.4, -0.2) is 87.2 Å². The standard InChI is InChI=1S/C18H35N5O2.HI/c1-3-19-18(20-7-4-14-25-15-17-5-6-17)21-8-9-22-10-12-23(13-11-22)16(2)24;/h17H,3-15H2,1-2H3,(H2,19,20,21);1H. The molecular formula is C18H36IN5O2. The molecule has 0 unspecified atom stereocenters. The number of halogens is 1. The van der Waals surface area contributed by atoms with E-state index in [0.717, 1.165) is 83.9 Å². The number of rotatable bonds is 10. The van der Waals surface area contributed by atoms with Gasteiger partial charge in [-0.3, -0.25) is 14.7 Å². The molecule has 0 aromatic rings. The van der Waals surface area contributed by atoms with Gasteiger partial charge in [0.25, 0.3) is 0 Å². The van der Waals surface area contributed by atoms with Crippen molar-refractivity contribution in [3.05, 3.63) is 0 Å². The quantitative estimate of drug-likeness (QED) is 0.212. The summed E-state index contributed by atoms with van der Waals surface area (Å²) in [5.41, 5.74) is 0. The average Bonchev–Trinajstić information content (AvgIpc) is 3.42. The number of piperazine rings is 1. The molecule has 1 aliphatic carbocycles. The number of ether oxygens (including phenoxy) is 1. The minimum absolute atomic E-state index is 0. The average molecular weight is 481 g/mol. The Morgan fingerprint density at radius 2 is 1.92 bits per heavy atom. The van der Waals surface area contributed by atoms with Crippen molar-refractivity contribution in [1.29, 1.82) is 0 Å². The van der Waals surface area contributed by atoms with Crippen molar-refractivity contribution >= 4 is 35.8 Å². The van der Waals surface area contributed by atoms with Crippen LogP contribution in [0.2, 0.25) is 0 Å². The van der Waals surface area contributed by atoms with Crippen LogP contribution in [0.4, 0.5) is 0 Å². The molecule has 1 saturated carbocycles. The largest absolute Gasteiger partial charge is 0.381 e. The van der Waals surface area contributed by atoms with Gasteiger partial charge in [-0.05, 0) is 32.1 Å². The Kier molecular flexibility index (Phi) is 12.2. The Balaban J connectivity index is 0.00000338. The fraction of sp³-hybridized carbons (Fsp3) is 0.889. The molecule has 7 nitrogen and oxygen atoms in total. The molecule has 0 radical (unpaired) electrons. The third-order valence-electron chi connectivity index (χ3n) is 4.65. The van der Waals surface area contributed by atoms with Gasteiger partial charge in [0.2, 0.25) is 5.91 Å². The second-order valence-corrected chi connectivity index (χ2v) is 6.91. The van der Waals surface area contributed by atoms with Gasteiger partial charge in [-0.1, -0.05) is 0 Å². The zero-order chi connectivity index (χ0) is 17.9. The predicted molar refractivity (Wildman–Crippen MR) is 116 cm³/mol. The SMILES string of the molecule is CCNC(=NCCCOCC1CC1)NCCN1CCN(C(C)=O)CC1.I. The highest BCUT2D eigenvalue weighted by Crippen LogP contribution is 2.28. The topological polar surface area (TPSA) is 69.2 Å². The number of carbonyl (C=O) groups excluding carboxylic acids is 1. The Bertz CT molecular complexity index is 424. The number of amides is 1. The number of nitrogens with one attached hydrogen (secondary N) is 2. The van der Waals surface area contributed by atoms with E-state index in [4.69, 9.17) is 4.74 Å². The summed E-state index contributed by atoms with van der Waals surface area (Å²) >= 11 is 0. The van der Waals surface area contributed by atoms with E-state index in [1.807, 2.05) is 4.90 Å². The molecule has 2 rings (SSSR count). The molecule has 0 atom stereocenters. The minimum Gasteiger partial charge on any atom is -0.381 e. The van der Waals surface area contributed by atoms with Crippen LogP contribution in [0.1, 0.15) is 33.1 Å². The first-order valence-electron chi connectivity index (χ1n) is 9.77. The fourth-order valence-electron chi connectivity index (χ4n) is 2.85. The van der Waals surface area contributed by atoms with Gasteiger partial charge in [-0.25, -0.2) is 0 Å². The van der Waals surface area contributed by atoms with Gasteiger partial charge in [0.15, 0.2) is 5.96 Å². The molecule has 2 fully saturated rings. The van der Waals surface area contributed by atoms with Crippen molar-refractivity contribution in [3.63, 3.8) is 0 Å². The van der Waals surface area contributed by atoms with Crippen LogP contribution in [0.25, 0.3) is 0 Å². The summed E-state index contributed by atoms with van der Waals surface area (Å²) in [6.07, 6.45) is 3.66. The Hall–Kier alpha value is -0.610. The van der Waals surface area contributed by atoms with E-state index in [1.54, 1.807) is 6.92 Å². The van der Waals surface area contributed by atoms with Crippen molar-refractivity contribution < 1.29 is 9.53 Å². The molecule has 2 aliphatic rings. The maximum Gasteiger partial charge on any atom is 0.219 e. The Morgan fingerprint density at radius 1 is 1.19 bits per heavy atom. The van der Waals surface area contributed by atoms with E-state index in [-0.39, 0.29) is 29.9 Å². The number of guanidine groups is 1. The summed E-state index contributed by atoms with van der Waals surface area (Å²) < 4.78 is 5.64. The highest BCUT2D eigenvalue weighted by molar-refractivity contribution is 14.0. The van der Waals surface area contributed by atoms with Crippen molar-refractivity contribution in [2.75, 3.05) is 65.6 Å². The third kappa shape index (κ3) is 9.91. The zero-order valence-corrected chi connectivity index (χ0v) is 18.7. The van der Waals surface area contributed by atoms with Crippen LogP contribution in [0.15, 0.2) is 4.99 Å². The number of carbonyl (C=O) groups is 1. The van der Waals surface area contributed by atoms with Crippen molar-refractivity contribution in [1.82, 2.24) is 20.4 Å². The normalized spacial score (nSPS) is 18.4. The highest BCUT2D eigenvalue weighted by atomic mass is 127. The molecule has 1 saturated heterocycles. The van der Waals surface area contributed by atoms with E-state index in [0.29, 0.717) is 0 Å². The molecule has 1 heterocycles. The molecule has 26 heavy (non-hydrogen) atoms. The summed E-state index contributed by atoms with van der Waals surface area (Å²) in [5.74, 6) is 1.90. The summed E-state index contributed by atoms with van der Waals surface area (Å²) in [6, 6.07) is 0. The van der Waals surface area contributed by atoms with E-state index < -0.39 is 0 Å². The van der Waals surface area contributed by atoms with Crippen LogP contribution in [0.3, 0.4) is 0 Å². The molecule has 0 aromatic carbocycles. The summed E-state index contributed by atoms with van der Waals surface area (Å²) in [4.78, 5) is 20.3. The van der Waals surface area contributed by atoms with Gasteiger partial charge in [-0.15, -0.1) is 24.0 Å². The maximum absolute atomic E-state index is 11.3. The fourth-order valence-corrected chi connectivity index (χ4v) is 2.85. The maximum atomic E-state index is 11.3. The van der Waals surface area contributed by atoms with E-state index in [9.17, 15) is 4.79 Å². The Morgan fingerprint density at radius 3 is 2.54 bits per heavy atom. The van der Waals surface area contributed by atoms with Gasteiger partial charge < -0.3 is 20.3 Å². The molecule has 2 N–H and O–H groups in total. The number of hydrogen-bond acceptors (Lipinski definition) is 4. The lowest BCUT2D eigenvalue weighted by molar-refractivity contribution is -0.130. The second-order valence-electron chi connectivity index (χ2n) is 6.91. The van der Waals surface area contributed by atoms with Gasteiger partial charge >= 0.3 is 0 Å². The molecule has 152 valence electrons. The first kappa shape index (κ1) is 23.4. The summed E-state index contributed by atoms with van der Waals surface area (Å²) in [6.45, 7) is 12.5. The molecular weight excluding hydrogens is 445 g/mol. The second kappa shape index (κ2) is 13.5. The van der Waals surface area contributed by atoms with Crippen molar-refractivity contribution in [3.8, 4) is 0 Å². The smallest absolute Gasteiger partial charge is 0.219 e. The van der Waals surface area contributed by atoms with Crippen molar-refractivity contribution in [2.24, 2.45) is 10.9 Å². The Labute approximate surface area is 175 Å². The molecule has 0 spiro atoms. The molecule has 1 aliphatic heterocycles. The summed E-state index contributed by atoms with van der Waals surface area (Å²) in [5, 5.41) is 6.69. The number of nitrogens with zero attached hydrogens (tertiary/aromatic N) is 3. The predicted octanol–water partition coefficient (Wildman–Crippen LogP) is 1.14. The van der Waals surface area contributed by atoms with Gasteiger partial charge in [0, 0.05) is 72.5 Å². The number of hydrogen-bond donors (Lipinski definition) is 2. The third-order valence-corrected chi connectivity index (χ3v) is 4.65. The molecule has 1 amide bonds. The van der Waals surface area contributed by atoms with Gasteiger partial charge in [0.1, 0.15) is 0 Å². The lowest BCUT2D eigenvalue weighted by Gasteiger charge is -2.34. The van der Waals surface area contributed by atoms with E-state index >= 15 is 0 Å². The minimum atomic E-state index is 0. The number of aliphatic imine (C=N–C) groups is 1. The van der Waals surface area contributed by atoms with Gasteiger partial charge in [-0.2, -0.15) is 0 Å². The van der Waals surface area contributed by atoms with Crippen molar-refractivity contribution in [2.45, 2.75) is 33.1 Å². The van der Waals surface area contributed by atoms with Crippen LogP contribution in [-0.2, 0) is 9.53 Å². The van der Waals surface area contributed by atoms with Gasteiger partial charge in [0.05, 0.1) is 0 Å². The molecule has 8 heteroatoms. The van der Waals surface area contributed by atoms with Crippen LogP contribution < -0.4 is 10.6 Å². The zero-order valence-electron chi connectivity index (χ0n) is 16.3. The van der Waals surface area contributed by atoms with E-state index in [1.165, 1.54) is 12.8 Å². The first-order valence-corrected chi connectivity index (χ1v) is 9.77. The lowest BCUT2D eigenvalue weighted by atomic mass is 10.3. The molecule has 0 bridgehead atoms. The molecule has 0 aromatic heterocycles. The van der Waals surface area contributed by atoms with Crippen LogP contribution >= 0.6 is 24.0 Å². The van der Waals surface area contributed by atoms with E-state index in [2.05, 4.69) is 27.4 Å². The van der Waals surface area contributed by atoms with Crippen LogP contribution in [0, 0.1) is 5.92 Å². The monoisotopic (exact) mass is 481 g/mol.